The zero-order valence-corrected chi connectivity index (χ0v) is 14.8. The van der Waals surface area contributed by atoms with Crippen molar-refractivity contribution in [2.75, 3.05) is 7.11 Å². The van der Waals surface area contributed by atoms with Crippen molar-refractivity contribution in [1.82, 2.24) is 15.6 Å². The van der Waals surface area contributed by atoms with Crippen molar-refractivity contribution in [1.29, 1.82) is 0 Å². The van der Waals surface area contributed by atoms with E-state index in [-0.39, 0.29) is 18.1 Å². The summed E-state index contributed by atoms with van der Waals surface area (Å²) >= 11 is 1.58. The highest BCUT2D eigenvalue weighted by molar-refractivity contribution is 7.16. The predicted octanol–water partition coefficient (Wildman–Crippen LogP) is 2.67. The lowest BCUT2D eigenvalue weighted by Crippen LogP contribution is -2.49. The molecule has 1 aliphatic heterocycles. The lowest BCUT2D eigenvalue weighted by Gasteiger charge is -2.31. The van der Waals surface area contributed by atoms with Crippen LogP contribution in [0.3, 0.4) is 0 Å². The summed E-state index contributed by atoms with van der Waals surface area (Å²) in [5.74, 6) is 0.334. The van der Waals surface area contributed by atoms with Crippen LogP contribution in [0.25, 0.3) is 16.3 Å². The molecule has 2 N–H and O–H groups in total. The van der Waals surface area contributed by atoms with Crippen LogP contribution >= 0.6 is 11.3 Å². The molecule has 25 heavy (non-hydrogen) atoms. The molecule has 2 unspecified atom stereocenters. The Morgan fingerprint density at radius 2 is 2.24 bits per heavy atom. The average molecular weight is 356 g/mol. The Morgan fingerprint density at radius 1 is 1.36 bits per heavy atom. The van der Waals surface area contributed by atoms with Gasteiger partial charge in [-0.3, -0.25) is 10.1 Å². The highest BCUT2D eigenvalue weighted by Gasteiger charge is 2.28. The van der Waals surface area contributed by atoms with Crippen LogP contribution in [0.5, 0.6) is 0 Å². The fourth-order valence-electron chi connectivity index (χ4n) is 3.38. The minimum Gasteiger partial charge on any atom is -0.379 e. The van der Waals surface area contributed by atoms with Gasteiger partial charge in [0, 0.05) is 7.11 Å². The van der Waals surface area contributed by atoms with E-state index in [1.54, 1.807) is 24.5 Å². The number of benzene rings is 1. The topological polar surface area (TPSA) is 75.6 Å². The van der Waals surface area contributed by atoms with Crippen molar-refractivity contribution >= 4 is 39.5 Å². The number of ether oxygens (including phenoxy) is 1. The second kappa shape index (κ2) is 6.93. The van der Waals surface area contributed by atoms with Gasteiger partial charge in [0.05, 0.1) is 27.9 Å². The number of aliphatic imine (C=N–C) groups is 1. The average Bonchev–Trinajstić information content (AvgIpc) is 3.22. The minimum absolute atomic E-state index is 0.162. The zero-order valence-electron chi connectivity index (χ0n) is 14.0. The molecule has 0 spiro atoms. The van der Waals surface area contributed by atoms with E-state index in [4.69, 9.17) is 4.74 Å². The highest BCUT2D eigenvalue weighted by Crippen LogP contribution is 2.23. The molecule has 0 radical (unpaired) electrons. The fraction of sp³-hybridized carbons (Fsp3) is 0.389. The van der Waals surface area contributed by atoms with E-state index in [0.717, 1.165) is 35.0 Å². The summed E-state index contributed by atoms with van der Waals surface area (Å²) in [5, 5.41) is 6.15. The van der Waals surface area contributed by atoms with Crippen LogP contribution in [0.4, 0.5) is 0 Å². The van der Waals surface area contributed by atoms with Gasteiger partial charge in [-0.15, -0.1) is 11.3 Å². The third-order valence-corrected chi connectivity index (χ3v) is 5.47. The standard InChI is InChI=1S/C18H20N4O2S/c1-24-15-5-3-2-4-12(15)20-18-21-14(17(23)22-18)8-11-6-7-13-16(9-11)25-10-19-13/h6-10,12,15H,2-5H2,1H3,(H2,20,21,22,23)/b14-8-. The lowest BCUT2D eigenvalue weighted by molar-refractivity contribution is -0.115. The van der Waals surface area contributed by atoms with Crippen LogP contribution in [-0.4, -0.2) is 36.1 Å². The van der Waals surface area contributed by atoms with Crippen molar-refractivity contribution in [3.63, 3.8) is 0 Å². The Balaban J connectivity index is 1.53. The Bertz CT molecular complexity index is 858. The summed E-state index contributed by atoms with van der Waals surface area (Å²) in [6.45, 7) is 0. The number of methoxy groups -OCH3 is 1. The first-order valence-electron chi connectivity index (χ1n) is 8.47. The number of carbonyl (C=O) groups is 1. The van der Waals surface area contributed by atoms with Gasteiger partial charge >= 0.3 is 0 Å². The number of carbonyl (C=O) groups excluding carboxylic acids is 1. The molecule has 2 atom stereocenters. The SMILES string of the molecule is COC1CCCCC1NC1=N/C(=C\c2ccc3ncsc3c2)C(=O)N1. The first-order chi connectivity index (χ1) is 12.2. The van der Waals surface area contributed by atoms with E-state index in [0.29, 0.717) is 11.7 Å². The third kappa shape index (κ3) is 3.43. The van der Waals surface area contributed by atoms with Gasteiger partial charge in [-0.2, -0.15) is 0 Å². The van der Waals surface area contributed by atoms with Gasteiger partial charge in [0.25, 0.3) is 5.91 Å². The van der Waals surface area contributed by atoms with E-state index >= 15 is 0 Å². The maximum atomic E-state index is 12.2. The van der Waals surface area contributed by atoms with E-state index in [1.165, 1.54) is 6.42 Å². The zero-order chi connectivity index (χ0) is 17.2. The van der Waals surface area contributed by atoms with E-state index < -0.39 is 0 Å². The first-order valence-corrected chi connectivity index (χ1v) is 9.35. The third-order valence-electron chi connectivity index (χ3n) is 4.68. The summed E-state index contributed by atoms with van der Waals surface area (Å²) in [6.07, 6.45) is 6.37. The van der Waals surface area contributed by atoms with Gasteiger partial charge in [-0.05, 0) is 36.6 Å². The first kappa shape index (κ1) is 16.2. The number of aromatic nitrogens is 1. The Labute approximate surface area is 150 Å². The van der Waals surface area contributed by atoms with Crippen LogP contribution < -0.4 is 10.6 Å². The Morgan fingerprint density at radius 3 is 3.12 bits per heavy atom. The molecular weight excluding hydrogens is 336 g/mol. The molecule has 1 aliphatic carbocycles. The summed E-state index contributed by atoms with van der Waals surface area (Å²) in [7, 11) is 1.74. The van der Waals surface area contributed by atoms with E-state index in [9.17, 15) is 4.79 Å². The van der Waals surface area contributed by atoms with Gasteiger partial charge in [0.1, 0.15) is 5.70 Å². The van der Waals surface area contributed by atoms with Crippen LogP contribution in [0.1, 0.15) is 31.2 Å². The number of rotatable bonds is 3. The van der Waals surface area contributed by atoms with Crippen molar-refractivity contribution in [3.05, 3.63) is 35.0 Å². The van der Waals surface area contributed by atoms with Crippen LogP contribution in [0.15, 0.2) is 34.4 Å². The molecule has 7 heteroatoms. The number of nitrogens with zero attached hydrogens (tertiary/aromatic N) is 2. The number of guanidine groups is 1. The molecule has 1 aromatic heterocycles. The Hall–Kier alpha value is -2.25. The molecule has 0 bridgehead atoms. The quantitative estimate of drug-likeness (QED) is 0.829. The maximum Gasteiger partial charge on any atom is 0.276 e. The van der Waals surface area contributed by atoms with E-state index in [1.807, 2.05) is 23.7 Å². The van der Waals surface area contributed by atoms with Gasteiger partial charge < -0.3 is 10.1 Å². The number of nitrogens with one attached hydrogen (secondary N) is 2. The number of hydrogen-bond acceptors (Lipinski definition) is 6. The molecular formula is C18H20N4O2S. The fourth-order valence-corrected chi connectivity index (χ4v) is 4.10. The molecule has 4 rings (SSSR count). The summed E-state index contributed by atoms with van der Waals surface area (Å²) in [5.41, 5.74) is 4.15. The molecule has 130 valence electrons. The largest absolute Gasteiger partial charge is 0.379 e. The molecule has 1 fully saturated rings. The van der Waals surface area contributed by atoms with E-state index in [2.05, 4.69) is 20.6 Å². The second-order valence-electron chi connectivity index (χ2n) is 6.33. The molecule has 1 saturated carbocycles. The molecule has 6 nitrogen and oxygen atoms in total. The van der Waals surface area contributed by atoms with Crippen LogP contribution in [0, 0.1) is 0 Å². The lowest BCUT2D eigenvalue weighted by atomic mass is 9.92. The van der Waals surface area contributed by atoms with Crippen molar-refractivity contribution in [2.45, 2.75) is 37.8 Å². The van der Waals surface area contributed by atoms with Crippen molar-refractivity contribution in [3.8, 4) is 0 Å². The minimum atomic E-state index is -0.184. The van der Waals surface area contributed by atoms with Crippen molar-refractivity contribution < 1.29 is 9.53 Å². The van der Waals surface area contributed by atoms with Crippen LogP contribution in [0.2, 0.25) is 0 Å². The number of fused-ring (bicyclic) bond motifs is 1. The monoisotopic (exact) mass is 356 g/mol. The normalized spacial score (nSPS) is 25.2. The maximum absolute atomic E-state index is 12.2. The summed E-state index contributed by atoms with van der Waals surface area (Å²) in [6, 6.07) is 6.12. The second-order valence-corrected chi connectivity index (χ2v) is 7.22. The Kier molecular flexibility index (Phi) is 4.50. The van der Waals surface area contributed by atoms with Crippen molar-refractivity contribution in [2.24, 2.45) is 4.99 Å². The molecule has 1 aromatic carbocycles. The highest BCUT2D eigenvalue weighted by atomic mass is 32.1. The molecule has 0 saturated heterocycles. The molecule has 2 aromatic rings. The number of hydrogen-bond donors (Lipinski definition) is 2. The summed E-state index contributed by atoms with van der Waals surface area (Å²) < 4.78 is 6.64. The summed E-state index contributed by atoms with van der Waals surface area (Å²) in [4.78, 5) is 20.9. The molecule has 2 aliphatic rings. The number of thiazole rings is 1. The number of amides is 1. The molecule has 2 heterocycles. The van der Waals surface area contributed by atoms with Gasteiger partial charge in [0.15, 0.2) is 0 Å². The molecule has 1 amide bonds. The van der Waals surface area contributed by atoms with Gasteiger partial charge in [-0.25, -0.2) is 9.98 Å². The smallest absolute Gasteiger partial charge is 0.276 e. The van der Waals surface area contributed by atoms with Crippen LogP contribution in [-0.2, 0) is 9.53 Å². The van der Waals surface area contributed by atoms with Gasteiger partial charge in [0.2, 0.25) is 5.96 Å². The van der Waals surface area contributed by atoms with Gasteiger partial charge in [-0.1, -0.05) is 18.9 Å². The predicted molar refractivity (Wildman–Crippen MR) is 99.4 cm³/mol.